The minimum absolute atomic E-state index is 0. The highest BCUT2D eigenvalue weighted by Crippen LogP contribution is 2.44. The lowest BCUT2D eigenvalue weighted by atomic mass is 9.95. The molecule has 174 valence electrons. The molecule has 0 spiro atoms. The maximum absolute atomic E-state index is 12.0. The Morgan fingerprint density at radius 2 is 1.87 bits per heavy atom. The van der Waals surface area contributed by atoms with Gasteiger partial charge >= 0.3 is 0 Å². The molecule has 1 heterocycles. The number of nitrogens with one attached hydrogen (secondary N) is 2. The van der Waals surface area contributed by atoms with E-state index in [1.54, 1.807) is 19.0 Å². The number of rotatable bonds is 8. The van der Waals surface area contributed by atoms with E-state index < -0.39 is 0 Å². The number of amides is 1. The van der Waals surface area contributed by atoms with Gasteiger partial charge in [-0.05, 0) is 57.8 Å². The molecule has 3 fully saturated rings. The number of guanidine groups is 1. The fraction of sp³-hybridized carbons (Fsp3) is 0.909. The standard InChI is InChI=1S/C22H41N5O2.HI/c1-16(2)29-12-11-27-9-7-19(8-10-27)24-22(23-15-21(28)26(3)4)25-20-14-17-5-6-18(20)13-17;/h16-20H,5-15H2,1-4H3,(H2,23,24,25);1H. The van der Waals surface area contributed by atoms with E-state index in [-0.39, 0.29) is 36.4 Å². The number of piperidine rings is 1. The van der Waals surface area contributed by atoms with Crippen molar-refractivity contribution in [3.63, 3.8) is 0 Å². The van der Waals surface area contributed by atoms with Gasteiger partial charge in [-0.3, -0.25) is 4.79 Å². The highest BCUT2D eigenvalue weighted by molar-refractivity contribution is 14.0. The number of likely N-dealkylation sites (N-methyl/N-ethyl adjacent to an activating group) is 1. The molecule has 2 saturated carbocycles. The Morgan fingerprint density at radius 3 is 2.43 bits per heavy atom. The van der Waals surface area contributed by atoms with Crippen molar-refractivity contribution in [3.8, 4) is 0 Å². The Hall–Kier alpha value is -0.610. The van der Waals surface area contributed by atoms with Crippen LogP contribution in [0.2, 0.25) is 0 Å². The first kappa shape index (κ1) is 25.6. The van der Waals surface area contributed by atoms with Gasteiger partial charge < -0.3 is 25.2 Å². The van der Waals surface area contributed by atoms with Gasteiger partial charge in [0.2, 0.25) is 5.91 Å². The lowest BCUT2D eigenvalue weighted by molar-refractivity contribution is -0.127. The predicted molar refractivity (Wildman–Crippen MR) is 132 cm³/mol. The molecule has 7 nitrogen and oxygen atoms in total. The molecule has 0 aromatic rings. The molecule has 2 N–H and O–H groups in total. The highest BCUT2D eigenvalue weighted by Gasteiger charge is 2.40. The van der Waals surface area contributed by atoms with E-state index in [9.17, 15) is 4.79 Å². The summed E-state index contributed by atoms with van der Waals surface area (Å²) in [5.41, 5.74) is 0. The summed E-state index contributed by atoms with van der Waals surface area (Å²) in [6.45, 7) is 8.35. The molecule has 3 unspecified atom stereocenters. The Morgan fingerprint density at radius 1 is 1.13 bits per heavy atom. The van der Waals surface area contributed by atoms with Gasteiger partial charge in [0.05, 0.1) is 12.7 Å². The Bertz CT molecular complexity index is 564. The number of nitrogens with zero attached hydrogens (tertiary/aromatic N) is 3. The first-order valence-electron chi connectivity index (χ1n) is 11.5. The topological polar surface area (TPSA) is 69.2 Å². The third kappa shape index (κ3) is 7.82. The first-order valence-corrected chi connectivity index (χ1v) is 11.5. The second-order valence-electron chi connectivity index (χ2n) is 9.56. The van der Waals surface area contributed by atoms with Gasteiger partial charge in [-0.2, -0.15) is 0 Å². The average molecular weight is 536 g/mol. The van der Waals surface area contributed by atoms with Crippen molar-refractivity contribution in [2.24, 2.45) is 16.8 Å². The van der Waals surface area contributed by atoms with Gasteiger partial charge in [-0.1, -0.05) is 6.42 Å². The van der Waals surface area contributed by atoms with E-state index in [4.69, 9.17) is 4.74 Å². The van der Waals surface area contributed by atoms with E-state index in [2.05, 4.69) is 34.4 Å². The lowest BCUT2D eigenvalue weighted by Crippen LogP contribution is -2.52. The summed E-state index contributed by atoms with van der Waals surface area (Å²) >= 11 is 0. The van der Waals surface area contributed by atoms with Crippen LogP contribution in [-0.2, 0) is 9.53 Å². The van der Waals surface area contributed by atoms with Crippen LogP contribution in [0.1, 0.15) is 52.4 Å². The third-order valence-corrected chi connectivity index (χ3v) is 6.72. The van der Waals surface area contributed by atoms with Gasteiger partial charge in [-0.15, -0.1) is 24.0 Å². The van der Waals surface area contributed by atoms with Crippen LogP contribution in [0.4, 0.5) is 0 Å². The van der Waals surface area contributed by atoms with E-state index in [0.717, 1.165) is 56.9 Å². The molecule has 30 heavy (non-hydrogen) atoms. The smallest absolute Gasteiger partial charge is 0.243 e. The summed E-state index contributed by atoms with van der Waals surface area (Å²) in [7, 11) is 3.57. The van der Waals surface area contributed by atoms with Gasteiger partial charge in [-0.25, -0.2) is 4.99 Å². The van der Waals surface area contributed by atoms with Gasteiger partial charge in [0.1, 0.15) is 6.54 Å². The normalized spacial score (nSPS) is 27.2. The quantitative estimate of drug-likeness (QED) is 0.284. The number of hydrogen-bond donors (Lipinski definition) is 2. The second-order valence-corrected chi connectivity index (χ2v) is 9.56. The Kier molecular flexibility index (Phi) is 10.6. The fourth-order valence-electron chi connectivity index (χ4n) is 4.93. The zero-order chi connectivity index (χ0) is 20.8. The molecular weight excluding hydrogens is 493 g/mol. The van der Waals surface area contributed by atoms with Gasteiger partial charge in [0.15, 0.2) is 5.96 Å². The maximum Gasteiger partial charge on any atom is 0.243 e. The summed E-state index contributed by atoms with van der Waals surface area (Å²) in [5.74, 6) is 2.54. The van der Waals surface area contributed by atoms with Crippen molar-refractivity contribution in [1.82, 2.24) is 20.4 Å². The van der Waals surface area contributed by atoms with Crippen molar-refractivity contribution >= 4 is 35.8 Å². The molecule has 1 amide bonds. The van der Waals surface area contributed by atoms with Crippen LogP contribution in [0.15, 0.2) is 4.99 Å². The maximum atomic E-state index is 12.0. The van der Waals surface area contributed by atoms with Crippen molar-refractivity contribution in [1.29, 1.82) is 0 Å². The zero-order valence-corrected chi connectivity index (χ0v) is 21.6. The molecule has 0 aromatic carbocycles. The van der Waals surface area contributed by atoms with Crippen LogP contribution in [0.3, 0.4) is 0 Å². The van der Waals surface area contributed by atoms with Crippen molar-refractivity contribution in [2.45, 2.75) is 70.6 Å². The van der Waals surface area contributed by atoms with Crippen molar-refractivity contribution < 1.29 is 9.53 Å². The van der Waals surface area contributed by atoms with E-state index in [0.29, 0.717) is 18.2 Å². The second kappa shape index (κ2) is 12.4. The zero-order valence-electron chi connectivity index (χ0n) is 19.2. The number of fused-ring (bicyclic) bond motifs is 2. The summed E-state index contributed by atoms with van der Waals surface area (Å²) in [6.07, 6.45) is 7.83. The van der Waals surface area contributed by atoms with Crippen LogP contribution >= 0.6 is 24.0 Å². The fourth-order valence-corrected chi connectivity index (χ4v) is 4.93. The van der Waals surface area contributed by atoms with Crippen molar-refractivity contribution in [3.05, 3.63) is 0 Å². The SMILES string of the molecule is CC(C)OCCN1CCC(NC(=NCC(=O)N(C)C)NC2CC3CCC2C3)CC1.I. The summed E-state index contributed by atoms with van der Waals surface area (Å²) < 4.78 is 5.69. The third-order valence-electron chi connectivity index (χ3n) is 6.72. The molecule has 3 aliphatic rings. The number of hydrogen-bond acceptors (Lipinski definition) is 4. The van der Waals surface area contributed by atoms with Crippen LogP contribution in [0.5, 0.6) is 0 Å². The van der Waals surface area contributed by atoms with E-state index in [1.807, 2.05) is 0 Å². The number of aliphatic imine (C=N–C) groups is 1. The minimum atomic E-state index is 0. The van der Waals surface area contributed by atoms with E-state index >= 15 is 0 Å². The Balaban J connectivity index is 0.00000320. The molecular formula is C22H42IN5O2. The van der Waals surface area contributed by atoms with Gasteiger partial charge in [0.25, 0.3) is 0 Å². The number of likely N-dealkylation sites (tertiary alicyclic amines) is 1. The van der Waals surface area contributed by atoms with Crippen LogP contribution < -0.4 is 10.6 Å². The van der Waals surface area contributed by atoms with Gasteiger partial charge in [0, 0.05) is 45.8 Å². The number of ether oxygens (including phenoxy) is 1. The summed E-state index contributed by atoms with van der Waals surface area (Å²) in [5, 5.41) is 7.32. The molecule has 8 heteroatoms. The first-order chi connectivity index (χ1) is 13.9. The highest BCUT2D eigenvalue weighted by atomic mass is 127. The average Bonchev–Trinajstić information content (AvgIpc) is 3.30. The number of halogens is 1. The molecule has 3 atom stereocenters. The Labute approximate surface area is 199 Å². The van der Waals surface area contributed by atoms with E-state index in [1.165, 1.54) is 25.7 Å². The summed E-state index contributed by atoms with van der Waals surface area (Å²) in [4.78, 5) is 20.8. The monoisotopic (exact) mass is 535 g/mol. The van der Waals surface area contributed by atoms with Crippen LogP contribution in [-0.4, -0.2) is 86.7 Å². The predicted octanol–water partition coefficient (Wildman–Crippen LogP) is 2.31. The summed E-state index contributed by atoms with van der Waals surface area (Å²) in [6, 6.07) is 0.930. The number of carbonyl (C=O) groups is 1. The molecule has 1 aliphatic heterocycles. The van der Waals surface area contributed by atoms with Crippen LogP contribution in [0, 0.1) is 11.8 Å². The largest absolute Gasteiger partial charge is 0.377 e. The molecule has 0 radical (unpaired) electrons. The molecule has 3 rings (SSSR count). The molecule has 2 bridgehead atoms. The van der Waals surface area contributed by atoms with Crippen LogP contribution in [0.25, 0.3) is 0 Å². The molecule has 1 saturated heterocycles. The molecule has 0 aromatic heterocycles. The molecule has 2 aliphatic carbocycles. The van der Waals surface area contributed by atoms with Crippen molar-refractivity contribution in [2.75, 3.05) is 46.9 Å². The number of carbonyl (C=O) groups excluding carboxylic acids is 1. The lowest BCUT2D eigenvalue weighted by Gasteiger charge is -2.34. The minimum Gasteiger partial charge on any atom is -0.377 e.